The first-order chi connectivity index (χ1) is 15.7. The Balaban J connectivity index is 1.53. The SMILES string of the molecule is O=S(=O)(c1ccc(F)c(Cl)c1)N(CCO)C1CCN(c2cnc3cc(F)c(F)cc3n2)CC1. The Hall–Kier alpha value is -2.47. The molecule has 7 nitrogen and oxygen atoms in total. The zero-order chi connectivity index (χ0) is 23.8. The van der Waals surface area contributed by atoms with Gasteiger partial charge in [0.15, 0.2) is 11.6 Å². The van der Waals surface area contributed by atoms with E-state index in [2.05, 4.69) is 9.97 Å². The van der Waals surface area contributed by atoms with Gasteiger partial charge in [-0.05, 0) is 31.0 Å². The van der Waals surface area contributed by atoms with E-state index in [1.54, 1.807) is 0 Å². The molecule has 4 rings (SSSR count). The van der Waals surface area contributed by atoms with Crippen molar-refractivity contribution in [1.29, 1.82) is 0 Å². The third-order valence-corrected chi connectivity index (χ3v) is 7.82. The van der Waals surface area contributed by atoms with E-state index in [0.29, 0.717) is 31.7 Å². The maximum absolute atomic E-state index is 13.6. The summed E-state index contributed by atoms with van der Waals surface area (Å²) >= 11 is 5.76. The smallest absolute Gasteiger partial charge is 0.243 e. The van der Waals surface area contributed by atoms with Crippen molar-refractivity contribution in [2.24, 2.45) is 0 Å². The van der Waals surface area contributed by atoms with Gasteiger partial charge in [0.2, 0.25) is 10.0 Å². The fraction of sp³-hybridized carbons (Fsp3) is 0.333. The molecule has 3 aromatic rings. The molecule has 0 radical (unpaired) electrons. The highest BCUT2D eigenvalue weighted by Crippen LogP contribution is 2.28. The average Bonchev–Trinajstić information content (AvgIpc) is 2.80. The summed E-state index contributed by atoms with van der Waals surface area (Å²) in [6, 6.07) is 4.73. The van der Waals surface area contributed by atoms with Crippen molar-refractivity contribution in [1.82, 2.24) is 14.3 Å². The molecule has 1 saturated heterocycles. The van der Waals surface area contributed by atoms with Crippen molar-refractivity contribution >= 4 is 38.5 Å². The number of halogens is 4. The molecule has 2 aromatic carbocycles. The Morgan fingerprint density at radius 1 is 1.06 bits per heavy atom. The number of aliphatic hydroxyl groups excluding tert-OH is 1. The second kappa shape index (κ2) is 9.41. The molecular weight excluding hydrogens is 481 g/mol. The number of hydrogen-bond acceptors (Lipinski definition) is 6. The summed E-state index contributed by atoms with van der Waals surface area (Å²) in [6.07, 6.45) is 2.31. The molecule has 0 unspecified atom stereocenters. The van der Waals surface area contributed by atoms with Gasteiger partial charge >= 0.3 is 0 Å². The van der Waals surface area contributed by atoms with Crippen molar-refractivity contribution in [3.63, 3.8) is 0 Å². The summed E-state index contributed by atoms with van der Waals surface area (Å²) < 4.78 is 68.0. The van der Waals surface area contributed by atoms with Gasteiger partial charge in [-0.1, -0.05) is 11.6 Å². The number of benzene rings is 2. The number of anilines is 1. The highest BCUT2D eigenvalue weighted by atomic mass is 35.5. The van der Waals surface area contributed by atoms with E-state index >= 15 is 0 Å². The highest BCUT2D eigenvalue weighted by molar-refractivity contribution is 7.89. The van der Waals surface area contributed by atoms with Crippen molar-refractivity contribution in [2.45, 2.75) is 23.8 Å². The minimum atomic E-state index is -4.02. The lowest BCUT2D eigenvalue weighted by molar-refractivity contribution is 0.208. The molecule has 0 atom stereocenters. The molecule has 12 heteroatoms. The predicted octanol–water partition coefficient (Wildman–Crippen LogP) is 3.35. The van der Waals surface area contributed by atoms with Gasteiger partial charge in [0.25, 0.3) is 0 Å². The Kier molecular flexibility index (Phi) is 6.76. The minimum absolute atomic E-state index is 0.122. The lowest BCUT2D eigenvalue weighted by Gasteiger charge is -2.38. The van der Waals surface area contributed by atoms with Gasteiger partial charge in [-0.2, -0.15) is 4.31 Å². The van der Waals surface area contributed by atoms with E-state index in [4.69, 9.17) is 11.6 Å². The van der Waals surface area contributed by atoms with Crippen molar-refractivity contribution in [3.05, 3.63) is 59.0 Å². The van der Waals surface area contributed by atoms with E-state index in [0.717, 1.165) is 30.3 Å². The molecule has 176 valence electrons. The molecular formula is C21H20ClF3N4O3S. The summed E-state index contributed by atoms with van der Waals surface area (Å²) in [4.78, 5) is 10.2. The first-order valence-corrected chi connectivity index (χ1v) is 12.0. The normalized spacial score (nSPS) is 15.5. The number of aromatic nitrogens is 2. The Morgan fingerprint density at radius 3 is 2.36 bits per heavy atom. The molecule has 2 heterocycles. The first-order valence-electron chi connectivity index (χ1n) is 10.1. The maximum atomic E-state index is 13.6. The van der Waals surface area contributed by atoms with E-state index < -0.39 is 33.5 Å². The maximum Gasteiger partial charge on any atom is 0.243 e. The molecule has 0 bridgehead atoms. The summed E-state index contributed by atoms with van der Waals surface area (Å²) in [5.74, 6) is -2.28. The van der Waals surface area contributed by atoms with E-state index in [1.165, 1.54) is 10.5 Å². The largest absolute Gasteiger partial charge is 0.395 e. The Bertz CT molecular complexity index is 1290. The van der Waals surface area contributed by atoms with Crippen LogP contribution < -0.4 is 4.90 Å². The second-order valence-corrected chi connectivity index (χ2v) is 9.91. The van der Waals surface area contributed by atoms with Gasteiger partial charge in [0.05, 0.1) is 33.8 Å². The van der Waals surface area contributed by atoms with Crippen molar-refractivity contribution < 1.29 is 26.7 Å². The molecule has 1 fully saturated rings. The molecule has 0 amide bonds. The molecule has 1 aliphatic rings. The number of piperidine rings is 1. The van der Waals surface area contributed by atoms with Crippen LogP contribution in [0.1, 0.15) is 12.8 Å². The van der Waals surface area contributed by atoms with Gasteiger partial charge in [-0.15, -0.1) is 0 Å². The third kappa shape index (κ3) is 4.77. The number of nitrogens with zero attached hydrogens (tertiary/aromatic N) is 4. The van der Waals surface area contributed by atoms with E-state index in [-0.39, 0.29) is 34.1 Å². The summed E-state index contributed by atoms with van der Waals surface area (Å²) in [5, 5.41) is 9.17. The van der Waals surface area contributed by atoms with Crippen molar-refractivity contribution in [3.8, 4) is 0 Å². The lowest BCUT2D eigenvalue weighted by atomic mass is 10.1. The molecule has 1 N–H and O–H groups in total. The van der Waals surface area contributed by atoms with Crippen LogP contribution in [-0.4, -0.2) is 60.1 Å². The molecule has 0 spiro atoms. The average molecular weight is 501 g/mol. The van der Waals surface area contributed by atoms with Gasteiger partial charge in [0.1, 0.15) is 11.6 Å². The standard InChI is InChI=1S/C21H20ClF3N4O3S/c22-15-9-14(1-2-16(15)23)33(31,32)29(7-8-30)13-3-5-28(6-4-13)21-12-26-19-10-17(24)18(25)11-20(19)27-21/h1-2,9-13,30H,3-8H2. The fourth-order valence-electron chi connectivity index (χ4n) is 3.90. The van der Waals surface area contributed by atoms with Gasteiger partial charge in [0, 0.05) is 37.8 Å². The molecule has 1 aromatic heterocycles. The van der Waals surface area contributed by atoms with Gasteiger partial charge in [-0.25, -0.2) is 26.6 Å². The Labute approximate surface area is 193 Å². The van der Waals surface area contributed by atoms with Crippen LogP contribution in [0.3, 0.4) is 0 Å². The van der Waals surface area contributed by atoms with Gasteiger partial charge in [-0.3, -0.25) is 4.98 Å². The van der Waals surface area contributed by atoms with Crippen LogP contribution in [0.25, 0.3) is 11.0 Å². The third-order valence-electron chi connectivity index (χ3n) is 5.59. The van der Waals surface area contributed by atoms with Gasteiger partial charge < -0.3 is 10.0 Å². The molecule has 33 heavy (non-hydrogen) atoms. The van der Waals surface area contributed by atoms with Crippen molar-refractivity contribution in [2.75, 3.05) is 31.1 Å². The topological polar surface area (TPSA) is 86.6 Å². The van der Waals surface area contributed by atoms with Crippen LogP contribution in [0.2, 0.25) is 5.02 Å². The summed E-state index contributed by atoms with van der Waals surface area (Å²) in [6.45, 7) is 0.349. The van der Waals surface area contributed by atoms with Crippen LogP contribution in [-0.2, 0) is 10.0 Å². The van der Waals surface area contributed by atoms with Crippen LogP contribution in [0, 0.1) is 17.5 Å². The molecule has 1 aliphatic heterocycles. The number of fused-ring (bicyclic) bond motifs is 1. The summed E-state index contributed by atoms with van der Waals surface area (Å²) in [5.41, 5.74) is 0.442. The van der Waals surface area contributed by atoms with Crippen LogP contribution in [0.4, 0.5) is 19.0 Å². The second-order valence-electron chi connectivity index (χ2n) is 7.62. The van der Waals surface area contributed by atoms with Crippen LogP contribution in [0.15, 0.2) is 41.4 Å². The predicted molar refractivity (Wildman–Crippen MR) is 117 cm³/mol. The highest BCUT2D eigenvalue weighted by Gasteiger charge is 2.34. The quantitative estimate of drug-likeness (QED) is 0.558. The molecule has 0 saturated carbocycles. The number of aliphatic hydroxyl groups is 1. The number of rotatable bonds is 6. The lowest BCUT2D eigenvalue weighted by Crippen LogP contribution is -2.48. The molecule has 0 aliphatic carbocycles. The fourth-order valence-corrected chi connectivity index (χ4v) is 5.85. The van der Waals surface area contributed by atoms with Crippen LogP contribution >= 0.6 is 11.6 Å². The monoisotopic (exact) mass is 500 g/mol. The van der Waals surface area contributed by atoms with Crippen LogP contribution in [0.5, 0.6) is 0 Å². The number of hydrogen-bond donors (Lipinski definition) is 1. The Morgan fingerprint density at radius 2 is 1.73 bits per heavy atom. The van der Waals surface area contributed by atoms with E-state index in [9.17, 15) is 26.7 Å². The summed E-state index contributed by atoms with van der Waals surface area (Å²) in [7, 11) is -4.02. The number of sulfonamides is 1. The zero-order valence-electron chi connectivity index (χ0n) is 17.3. The first kappa shape index (κ1) is 23.7. The van der Waals surface area contributed by atoms with E-state index in [1.807, 2.05) is 4.90 Å². The zero-order valence-corrected chi connectivity index (χ0v) is 18.8. The minimum Gasteiger partial charge on any atom is -0.395 e.